The first-order valence-corrected chi connectivity index (χ1v) is 10.3. The maximum absolute atomic E-state index is 13.1. The van der Waals surface area contributed by atoms with Gasteiger partial charge in [-0.05, 0) is 68.7 Å². The zero-order valence-corrected chi connectivity index (χ0v) is 15.7. The highest BCUT2D eigenvalue weighted by Crippen LogP contribution is 2.47. The molecule has 27 heavy (non-hydrogen) atoms. The number of hydrogen-bond acceptors (Lipinski definition) is 4. The summed E-state index contributed by atoms with van der Waals surface area (Å²) >= 11 is 0. The van der Waals surface area contributed by atoms with Crippen molar-refractivity contribution in [1.82, 2.24) is 4.31 Å². The van der Waals surface area contributed by atoms with Crippen LogP contribution >= 0.6 is 0 Å². The third kappa shape index (κ3) is 3.78. The average molecular weight is 402 g/mol. The highest BCUT2D eigenvalue weighted by molar-refractivity contribution is 7.90. The van der Waals surface area contributed by atoms with Crippen molar-refractivity contribution in [1.29, 1.82) is 5.26 Å². The lowest BCUT2D eigenvalue weighted by atomic mass is 9.92. The molecule has 0 aliphatic heterocycles. The Balaban J connectivity index is 1.78. The standard InChI is InChI=1S/C18H21F3N2O3S/c1-13(11-26-16-7-6-14-4-2-3-5-15(14)10-16)23(17(12-22)8-9-17)27(24,25)18(19,20)21/h6-7,10,13H,2-5,8-9,11H2,1H3/t13-/m0/s1. The topological polar surface area (TPSA) is 70.4 Å². The number of halogens is 3. The van der Waals surface area contributed by atoms with Gasteiger partial charge in [0.25, 0.3) is 0 Å². The Morgan fingerprint density at radius 3 is 2.44 bits per heavy atom. The Kier molecular flexibility index (Phi) is 5.16. The first-order valence-electron chi connectivity index (χ1n) is 8.87. The summed E-state index contributed by atoms with van der Waals surface area (Å²) in [5.41, 5.74) is -4.70. The molecule has 0 saturated heterocycles. The van der Waals surface area contributed by atoms with Crippen molar-refractivity contribution in [2.45, 2.75) is 62.5 Å². The van der Waals surface area contributed by atoms with E-state index in [4.69, 9.17) is 4.74 Å². The third-order valence-electron chi connectivity index (χ3n) is 5.12. The Hall–Kier alpha value is -1.79. The summed E-state index contributed by atoms with van der Waals surface area (Å²) in [6.07, 6.45) is 4.30. The van der Waals surface area contributed by atoms with Gasteiger partial charge in [-0.15, -0.1) is 0 Å². The second kappa shape index (κ2) is 6.99. The quantitative estimate of drug-likeness (QED) is 0.730. The van der Waals surface area contributed by atoms with Crippen LogP contribution in [0.5, 0.6) is 5.75 Å². The number of aryl methyl sites for hydroxylation is 2. The minimum Gasteiger partial charge on any atom is -0.492 e. The van der Waals surface area contributed by atoms with Crippen LogP contribution in [0.1, 0.15) is 43.7 Å². The van der Waals surface area contributed by atoms with Crippen LogP contribution in [-0.2, 0) is 22.9 Å². The van der Waals surface area contributed by atoms with Gasteiger partial charge in [0.2, 0.25) is 0 Å². The summed E-state index contributed by atoms with van der Waals surface area (Å²) in [7, 11) is -5.63. The zero-order chi connectivity index (χ0) is 19.9. The molecule has 0 bridgehead atoms. The first-order chi connectivity index (χ1) is 12.6. The van der Waals surface area contributed by atoms with Crippen LogP contribution in [0.2, 0.25) is 0 Å². The maximum Gasteiger partial charge on any atom is 0.511 e. The van der Waals surface area contributed by atoms with Crippen molar-refractivity contribution in [2.75, 3.05) is 6.61 Å². The minimum absolute atomic E-state index is 0.0853. The number of alkyl halides is 3. The smallest absolute Gasteiger partial charge is 0.492 e. The van der Waals surface area contributed by atoms with Crippen molar-refractivity contribution < 1.29 is 26.3 Å². The monoisotopic (exact) mass is 402 g/mol. The second-order valence-electron chi connectivity index (χ2n) is 7.19. The Labute approximate surface area is 156 Å². The Bertz CT molecular complexity index is 858. The van der Waals surface area contributed by atoms with E-state index in [0.717, 1.165) is 31.2 Å². The highest BCUT2D eigenvalue weighted by Gasteiger charge is 2.63. The van der Waals surface area contributed by atoms with E-state index in [1.807, 2.05) is 12.1 Å². The van der Waals surface area contributed by atoms with Gasteiger partial charge in [0.15, 0.2) is 0 Å². The van der Waals surface area contributed by atoms with E-state index in [1.165, 1.54) is 12.5 Å². The molecule has 3 rings (SSSR count). The molecule has 148 valence electrons. The van der Waals surface area contributed by atoms with Crippen molar-refractivity contribution >= 4 is 10.0 Å². The largest absolute Gasteiger partial charge is 0.511 e. The molecule has 1 fully saturated rings. The Morgan fingerprint density at radius 1 is 1.26 bits per heavy atom. The van der Waals surface area contributed by atoms with Gasteiger partial charge < -0.3 is 4.74 Å². The van der Waals surface area contributed by atoms with Crippen LogP contribution in [0.15, 0.2) is 18.2 Å². The average Bonchev–Trinajstić information content (AvgIpc) is 3.39. The van der Waals surface area contributed by atoms with Gasteiger partial charge in [0, 0.05) is 0 Å². The molecule has 0 aromatic heterocycles. The van der Waals surface area contributed by atoms with Gasteiger partial charge in [-0.2, -0.15) is 22.7 Å². The molecule has 1 aromatic carbocycles. The van der Waals surface area contributed by atoms with Crippen molar-refractivity contribution in [3.05, 3.63) is 29.3 Å². The fraction of sp³-hybridized carbons (Fsp3) is 0.611. The molecule has 1 atom stereocenters. The van der Waals surface area contributed by atoms with Gasteiger partial charge in [0.05, 0.1) is 12.1 Å². The summed E-state index contributed by atoms with van der Waals surface area (Å²) in [6, 6.07) is 6.16. The predicted octanol–water partition coefficient (Wildman–Crippen LogP) is 3.54. The SMILES string of the molecule is C[C@@H](COc1ccc2c(c1)CCCC2)N(C1(C#N)CC1)S(=O)(=O)C(F)(F)F. The zero-order valence-electron chi connectivity index (χ0n) is 14.9. The molecule has 1 aromatic rings. The van der Waals surface area contributed by atoms with Crippen LogP contribution in [0.4, 0.5) is 13.2 Å². The molecule has 0 heterocycles. The molecule has 0 unspecified atom stereocenters. The summed E-state index contributed by atoms with van der Waals surface area (Å²) in [5, 5.41) is 9.26. The molecule has 2 aliphatic carbocycles. The van der Waals surface area contributed by atoms with Crippen LogP contribution < -0.4 is 4.74 Å². The number of sulfonamides is 1. The van der Waals surface area contributed by atoms with Gasteiger partial charge in [-0.3, -0.25) is 0 Å². The summed E-state index contributed by atoms with van der Waals surface area (Å²) in [6.45, 7) is 1.07. The predicted molar refractivity (Wildman–Crippen MR) is 92.4 cm³/mol. The summed E-state index contributed by atoms with van der Waals surface area (Å²) in [4.78, 5) is 0. The Morgan fingerprint density at radius 2 is 1.89 bits per heavy atom. The fourth-order valence-corrected chi connectivity index (χ4v) is 5.03. The summed E-state index contributed by atoms with van der Waals surface area (Å²) in [5.74, 6) is 0.494. The molecule has 2 aliphatic rings. The van der Waals surface area contributed by atoms with E-state index >= 15 is 0 Å². The molecule has 0 radical (unpaired) electrons. The maximum atomic E-state index is 13.1. The number of nitrogens with zero attached hydrogens (tertiary/aromatic N) is 2. The number of nitriles is 1. The van der Waals surface area contributed by atoms with E-state index in [-0.39, 0.29) is 19.4 Å². The van der Waals surface area contributed by atoms with Crippen LogP contribution in [0.3, 0.4) is 0 Å². The lowest BCUT2D eigenvalue weighted by Crippen LogP contribution is -2.53. The molecule has 0 N–H and O–H groups in total. The summed E-state index contributed by atoms with van der Waals surface area (Å²) < 4.78 is 69.3. The molecule has 0 amide bonds. The first kappa shape index (κ1) is 20.0. The van der Waals surface area contributed by atoms with Gasteiger partial charge in [-0.1, -0.05) is 6.07 Å². The number of fused-ring (bicyclic) bond motifs is 1. The van der Waals surface area contributed by atoms with Crippen LogP contribution in [-0.4, -0.2) is 36.4 Å². The normalized spacial score (nSPS) is 19.9. The van der Waals surface area contributed by atoms with E-state index < -0.39 is 27.1 Å². The van der Waals surface area contributed by atoms with E-state index in [1.54, 1.807) is 12.1 Å². The fourth-order valence-electron chi connectivity index (χ4n) is 3.58. The third-order valence-corrected chi connectivity index (χ3v) is 6.93. The molecular weight excluding hydrogens is 381 g/mol. The van der Waals surface area contributed by atoms with Crippen molar-refractivity contribution in [3.63, 3.8) is 0 Å². The van der Waals surface area contributed by atoms with Crippen LogP contribution in [0.25, 0.3) is 0 Å². The van der Waals surface area contributed by atoms with Gasteiger partial charge >= 0.3 is 15.5 Å². The number of rotatable bonds is 6. The number of ether oxygens (including phenoxy) is 1. The van der Waals surface area contributed by atoms with Crippen molar-refractivity contribution in [3.8, 4) is 11.8 Å². The number of hydrogen-bond donors (Lipinski definition) is 0. The number of benzene rings is 1. The van der Waals surface area contributed by atoms with Crippen LogP contribution in [0, 0.1) is 11.3 Å². The molecule has 9 heteroatoms. The van der Waals surface area contributed by atoms with Gasteiger partial charge in [-0.25, -0.2) is 8.42 Å². The highest BCUT2D eigenvalue weighted by atomic mass is 32.2. The lowest BCUT2D eigenvalue weighted by molar-refractivity contribution is -0.0516. The van der Waals surface area contributed by atoms with E-state index in [2.05, 4.69) is 0 Å². The van der Waals surface area contributed by atoms with E-state index in [0.29, 0.717) is 10.1 Å². The molecule has 1 saturated carbocycles. The molecular formula is C18H21F3N2O3S. The minimum atomic E-state index is -5.63. The van der Waals surface area contributed by atoms with Crippen molar-refractivity contribution in [2.24, 2.45) is 0 Å². The second-order valence-corrected chi connectivity index (χ2v) is 8.99. The molecule has 5 nitrogen and oxygen atoms in total. The molecule has 0 spiro atoms. The van der Waals surface area contributed by atoms with E-state index in [9.17, 15) is 26.9 Å². The van der Waals surface area contributed by atoms with Gasteiger partial charge in [0.1, 0.15) is 17.9 Å². The lowest BCUT2D eigenvalue weighted by Gasteiger charge is -2.32.